The first kappa shape index (κ1) is 13.0. The van der Waals surface area contributed by atoms with E-state index < -0.39 is 10.8 Å². The highest BCUT2D eigenvalue weighted by molar-refractivity contribution is 7.84. The Morgan fingerprint density at radius 2 is 2.25 bits per heavy atom. The van der Waals surface area contributed by atoms with Crippen molar-refractivity contribution in [2.24, 2.45) is 0 Å². The summed E-state index contributed by atoms with van der Waals surface area (Å²) < 4.78 is 15.8. The van der Waals surface area contributed by atoms with Crippen LogP contribution in [0.5, 0.6) is 11.5 Å². The molecule has 0 heterocycles. The van der Waals surface area contributed by atoms with Crippen molar-refractivity contribution >= 4 is 10.8 Å². The largest absolute Gasteiger partial charge is 0.504 e. The fourth-order valence-electron chi connectivity index (χ4n) is 1.31. The molecule has 0 spiro atoms. The second kappa shape index (κ2) is 6.50. The third kappa shape index (κ3) is 3.83. The number of methoxy groups -OCH3 is 1. The standard InChI is InChI=1S/C11H17NO3S/c1-15-10-5-3-4-9(11(10)13)8-12-6-7-16(2)14/h3-5,12-13H,6-8H2,1-2H3. The number of ether oxygens (including phenoxy) is 1. The van der Waals surface area contributed by atoms with Crippen molar-refractivity contribution in [1.29, 1.82) is 0 Å². The lowest BCUT2D eigenvalue weighted by atomic mass is 10.2. The van der Waals surface area contributed by atoms with Crippen LogP contribution in [0.2, 0.25) is 0 Å². The van der Waals surface area contributed by atoms with Gasteiger partial charge in [-0.2, -0.15) is 0 Å². The van der Waals surface area contributed by atoms with Crippen molar-refractivity contribution in [3.05, 3.63) is 23.8 Å². The van der Waals surface area contributed by atoms with E-state index in [0.717, 1.165) is 5.56 Å². The molecule has 0 radical (unpaired) electrons. The Balaban J connectivity index is 2.50. The summed E-state index contributed by atoms with van der Waals surface area (Å²) in [5.41, 5.74) is 0.779. The highest BCUT2D eigenvalue weighted by Gasteiger charge is 2.06. The van der Waals surface area contributed by atoms with E-state index in [-0.39, 0.29) is 5.75 Å². The van der Waals surface area contributed by atoms with E-state index in [1.807, 2.05) is 12.1 Å². The van der Waals surface area contributed by atoms with Crippen molar-refractivity contribution in [3.63, 3.8) is 0 Å². The molecule has 0 aliphatic heterocycles. The normalized spacial score (nSPS) is 12.4. The van der Waals surface area contributed by atoms with Gasteiger partial charge in [0.2, 0.25) is 0 Å². The smallest absolute Gasteiger partial charge is 0.162 e. The minimum absolute atomic E-state index is 0.162. The predicted octanol–water partition coefficient (Wildman–Crippen LogP) is 0.869. The van der Waals surface area contributed by atoms with Crippen LogP contribution in [0, 0.1) is 0 Å². The van der Waals surface area contributed by atoms with E-state index in [1.54, 1.807) is 12.3 Å². The molecule has 4 nitrogen and oxygen atoms in total. The Bertz CT molecular complexity index is 368. The van der Waals surface area contributed by atoms with E-state index >= 15 is 0 Å². The quantitative estimate of drug-likeness (QED) is 0.728. The maximum atomic E-state index is 10.8. The summed E-state index contributed by atoms with van der Waals surface area (Å²) in [7, 11) is 0.736. The van der Waals surface area contributed by atoms with Crippen molar-refractivity contribution in [1.82, 2.24) is 5.32 Å². The fraction of sp³-hybridized carbons (Fsp3) is 0.455. The molecule has 1 aromatic rings. The number of benzene rings is 1. The number of hydrogen-bond acceptors (Lipinski definition) is 4. The van der Waals surface area contributed by atoms with Crippen LogP contribution in [-0.2, 0) is 17.3 Å². The number of rotatable bonds is 6. The zero-order valence-electron chi connectivity index (χ0n) is 9.53. The zero-order chi connectivity index (χ0) is 12.0. The number of phenols is 1. The molecular weight excluding hydrogens is 226 g/mol. The molecule has 1 aromatic carbocycles. The van der Waals surface area contributed by atoms with Crippen LogP contribution in [-0.4, -0.2) is 35.0 Å². The molecule has 1 rings (SSSR count). The van der Waals surface area contributed by atoms with Crippen LogP contribution in [0.1, 0.15) is 5.56 Å². The summed E-state index contributed by atoms with van der Waals surface area (Å²) in [6.07, 6.45) is 1.67. The molecule has 0 saturated carbocycles. The van der Waals surface area contributed by atoms with Crippen LogP contribution in [0.25, 0.3) is 0 Å². The van der Waals surface area contributed by atoms with E-state index in [9.17, 15) is 9.32 Å². The van der Waals surface area contributed by atoms with Gasteiger partial charge in [-0.25, -0.2) is 0 Å². The summed E-state index contributed by atoms with van der Waals surface area (Å²) in [6.45, 7) is 1.21. The van der Waals surface area contributed by atoms with Gasteiger partial charge in [0.1, 0.15) is 0 Å². The lowest BCUT2D eigenvalue weighted by Gasteiger charge is -2.09. The molecule has 0 aromatic heterocycles. The Kier molecular flexibility index (Phi) is 5.28. The molecule has 1 unspecified atom stereocenters. The fourth-order valence-corrected chi connectivity index (χ4v) is 1.75. The van der Waals surface area contributed by atoms with Gasteiger partial charge in [-0.1, -0.05) is 12.1 Å². The second-order valence-electron chi connectivity index (χ2n) is 3.42. The van der Waals surface area contributed by atoms with Crippen LogP contribution >= 0.6 is 0 Å². The summed E-state index contributed by atoms with van der Waals surface area (Å²) in [6, 6.07) is 5.36. The lowest BCUT2D eigenvalue weighted by molar-refractivity contribution is 0.370. The monoisotopic (exact) mass is 243 g/mol. The number of para-hydroxylation sites is 1. The van der Waals surface area contributed by atoms with E-state index in [1.165, 1.54) is 7.11 Å². The first-order valence-corrected chi connectivity index (χ1v) is 6.73. The molecule has 1 atom stereocenters. The molecule has 0 bridgehead atoms. The number of aromatic hydroxyl groups is 1. The first-order valence-electron chi connectivity index (χ1n) is 5.00. The Labute approximate surface area is 98.1 Å². The maximum Gasteiger partial charge on any atom is 0.162 e. The summed E-state index contributed by atoms with van der Waals surface area (Å²) in [4.78, 5) is 0. The first-order chi connectivity index (χ1) is 7.65. The molecule has 2 N–H and O–H groups in total. The SMILES string of the molecule is COc1cccc(CNCCS(C)=O)c1O. The van der Waals surface area contributed by atoms with E-state index in [2.05, 4.69) is 5.32 Å². The van der Waals surface area contributed by atoms with Gasteiger partial charge in [0.05, 0.1) is 7.11 Å². The Morgan fingerprint density at radius 3 is 2.88 bits per heavy atom. The van der Waals surface area contributed by atoms with Gasteiger partial charge in [0, 0.05) is 41.5 Å². The number of nitrogens with one attached hydrogen (secondary N) is 1. The summed E-state index contributed by atoms with van der Waals surface area (Å²) in [5, 5.41) is 12.9. The molecule has 5 heteroatoms. The zero-order valence-corrected chi connectivity index (χ0v) is 10.3. The van der Waals surface area contributed by atoms with Crippen LogP contribution in [0.15, 0.2) is 18.2 Å². The summed E-state index contributed by atoms with van der Waals surface area (Å²) >= 11 is 0. The van der Waals surface area contributed by atoms with Crippen molar-refractivity contribution < 1.29 is 14.1 Å². The van der Waals surface area contributed by atoms with Gasteiger partial charge in [-0.05, 0) is 6.07 Å². The summed E-state index contributed by atoms with van der Waals surface area (Å²) in [5.74, 6) is 1.25. The van der Waals surface area contributed by atoms with Gasteiger partial charge < -0.3 is 15.2 Å². The minimum atomic E-state index is -0.784. The van der Waals surface area contributed by atoms with Gasteiger partial charge in [-0.3, -0.25) is 4.21 Å². The minimum Gasteiger partial charge on any atom is -0.504 e. The third-order valence-corrected chi connectivity index (χ3v) is 2.96. The second-order valence-corrected chi connectivity index (χ2v) is 4.98. The highest BCUT2D eigenvalue weighted by Crippen LogP contribution is 2.28. The van der Waals surface area contributed by atoms with Crippen LogP contribution in [0.4, 0.5) is 0 Å². The van der Waals surface area contributed by atoms with Crippen molar-refractivity contribution in [2.45, 2.75) is 6.54 Å². The van der Waals surface area contributed by atoms with E-state index in [0.29, 0.717) is 24.6 Å². The van der Waals surface area contributed by atoms with Crippen molar-refractivity contribution in [3.8, 4) is 11.5 Å². The van der Waals surface area contributed by atoms with Crippen LogP contribution in [0.3, 0.4) is 0 Å². The molecule has 0 fully saturated rings. The predicted molar refractivity (Wildman–Crippen MR) is 65.3 cm³/mol. The molecule has 16 heavy (non-hydrogen) atoms. The molecule has 0 aliphatic carbocycles. The molecule has 0 aliphatic rings. The molecular formula is C11H17NO3S. The topological polar surface area (TPSA) is 58.6 Å². The number of phenolic OH excluding ortho intramolecular Hbond substituents is 1. The highest BCUT2D eigenvalue weighted by atomic mass is 32.2. The Hall–Kier alpha value is -1.07. The maximum absolute atomic E-state index is 10.8. The van der Waals surface area contributed by atoms with Gasteiger partial charge in [0.15, 0.2) is 11.5 Å². The van der Waals surface area contributed by atoms with Gasteiger partial charge >= 0.3 is 0 Å². The van der Waals surface area contributed by atoms with Gasteiger partial charge in [-0.15, -0.1) is 0 Å². The average Bonchev–Trinajstić information content (AvgIpc) is 2.26. The third-order valence-electron chi connectivity index (χ3n) is 2.18. The lowest BCUT2D eigenvalue weighted by Crippen LogP contribution is -2.19. The Morgan fingerprint density at radius 1 is 1.50 bits per heavy atom. The molecule has 0 saturated heterocycles. The van der Waals surface area contributed by atoms with Crippen molar-refractivity contribution in [2.75, 3.05) is 25.7 Å². The average molecular weight is 243 g/mol. The van der Waals surface area contributed by atoms with Gasteiger partial charge in [0.25, 0.3) is 0 Å². The molecule has 90 valence electrons. The van der Waals surface area contributed by atoms with E-state index in [4.69, 9.17) is 4.74 Å². The van der Waals surface area contributed by atoms with Crippen LogP contribution < -0.4 is 10.1 Å². The number of hydrogen-bond donors (Lipinski definition) is 2. The molecule has 0 amide bonds.